The summed E-state index contributed by atoms with van der Waals surface area (Å²) in [6, 6.07) is 33.5. The number of benzene rings is 7. The van der Waals surface area contributed by atoms with Gasteiger partial charge >= 0.3 is 0 Å². The van der Waals surface area contributed by atoms with Crippen LogP contribution in [0.4, 0.5) is 22.7 Å². The Bertz CT molecular complexity index is 3720. The molecule has 314 valence electrons. The summed E-state index contributed by atoms with van der Waals surface area (Å²) in [5.74, 6) is 0.987. The van der Waals surface area contributed by atoms with Crippen molar-refractivity contribution in [2.45, 2.75) is 46.4 Å². The maximum absolute atomic E-state index is 9.65. The van der Waals surface area contributed by atoms with E-state index < -0.39 is 72.7 Å². The molecule has 2 atom stereocenters. The fraction of sp³-hybridized carbons (Fsp3) is 0.158. The zero-order valence-electron chi connectivity index (χ0n) is 47.3. The van der Waals surface area contributed by atoms with Gasteiger partial charge < -0.3 is 13.8 Å². The molecule has 7 aromatic carbocycles. The van der Waals surface area contributed by atoms with Gasteiger partial charge in [-0.2, -0.15) is 12.1 Å². The quantitative estimate of drug-likeness (QED) is 0.106. The number of hydrogen-bond donors (Lipinski definition) is 0. The van der Waals surface area contributed by atoms with Crippen molar-refractivity contribution in [3.63, 3.8) is 0 Å². The Morgan fingerprint density at radius 2 is 1.41 bits per heavy atom. The van der Waals surface area contributed by atoms with Gasteiger partial charge in [0.1, 0.15) is 11.5 Å². The SMILES string of the molecule is [2H]c1c([2H])c([2H])c(-c2cccc(-c3c([2H])c([2H])c([2H])c([2H])c3[2H])c2[N@+]23[CH-][N@+](c4[c-]c(Oc5[c-]c6c(cc5)c5ccccc5n6-c5cc(C(C)(C)C)ccn5)ccc4)(C2)c2cccc(C([2H])([2H])C(C)C)c23)c([2H])c1[2H].[Pt]. The molecule has 0 unspecified atom stereocenters. The van der Waals surface area contributed by atoms with Gasteiger partial charge in [0, 0.05) is 75.5 Å². The average molecular weight is 1010 g/mol. The van der Waals surface area contributed by atoms with E-state index in [2.05, 4.69) is 55.7 Å². The molecule has 5 heterocycles. The summed E-state index contributed by atoms with van der Waals surface area (Å²) in [4.78, 5) is 4.82. The summed E-state index contributed by atoms with van der Waals surface area (Å²) in [5.41, 5.74) is 5.07. The molecule has 5 nitrogen and oxygen atoms in total. The van der Waals surface area contributed by atoms with E-state index in [-0.39, 0.29) is 70.1 Å². The van der Waals surface area contributed by atoms with E-state index in [9.17, 15) is 8.22 Å². The molecule has 0 N–H and O–H groups in total. The largest absolute Gasteiger partial charge is 0.509 e. The maximum Gasteiger partial charge on any atom is 0.184 e. The summed E-state index contributed by atoms with van der Waals surface area (Å²) in [6.07, 6.45) is -0.128. The molecule has 6 heteroatoms. The van der Waals surface area contributed by atoms with Gasteiger partial charge in [0.25, 0.3) is 0 Å². The molecule has 1 saturated heterocycles. The number of pyridine rings is 1. The van der Waals surface area contributed by atoms with E-state index in [0.717, 1.165) is 33.2 Å². The zero-order valence-corrected chi connectivity index (χ0v) is 37.5. The van der Waals surface area contributed by atoms with Gasteiger partial charge in [-0.25, -0.2) is 4.98 Å². The number of rotatable bonds is 9. The molecule has 0 aliphatic carbocycles. The van der Waals surface area contributed by atoms with Crippen LogP contribution in [0.1, 0.15) is 62.2 Å². The molecule has 3 aliphatic heterocycles. The molecular formula is C57H49N4OPt-. The van der Waals surface area contributed by atoms with Crippen LogP contribution in [0.3, 0.4) is 0 Å². The maximum atomic E-state index is 9.65. The van der Waals surface area contributed by atoms with Gasteiger partial charge in [0.2, 0.25) is 0 Å². The minimum atomic E-state index is -1.95. The number of para-hydroxylation sites is 3. The van der Waals surface area contributed by atoms with Gasteiger partial charge in [0.05, 0.1) is 20.4 Å². The van der Waals surface area contributed by atoms with Crippen LogP contribution in [-0.4, -0.2) is 16.2 Å². The van der Waals surface area contributed by atoms with Crippen LogP contribution in [-0.2, 0) is 32.9 Å². The fourth-order valence-corrected chi connectivity index (χ4v) is 9.31. The van der Waals surface area contributed by atoms with Crippen molar-refractivity contribution < 1.29 is 42.3 Å². The van der Waals surface area contributed by atoms with Crippen LogP contribution in [0.25, 0.3) is 49.9 Å². The second kappa shape index (κ2) is 15.6. The number of quaternary nitrogens is 2. The van der Waals surface area contributed by atoms with Crippen LogP contribution >= 0.6 is 0 Å². The molecule has 0 saturated carbocycles. The van der Waals surface area contributed by atoms with Crippen LogP contribution in [0.2, 0.25) is 0 Å². The normalized spacial score (nSPS) is 20.6. The first-order valence-electron chi connectivity index (χ1n) is 26.7. The van der Waals surface area contributed by atoms with Crippen LogP contribution in [0.5, 0.6) is 11.5 Å². The van der Waals surface area contributed by atoms with Crippen LogP contribution < -0.4 is 13.7 Å². The summed E-state index contributed by atoms with van der Waals surface area (Å²) < 4.78 is 116. The first kappa shape index (κ1) is 29.3. The molecule has 12 rings (SSSR count). The number of aromatic nitrogens is 2. The van der Waals surface area contributed by atoms with Gasteiger partial charge in [-0.05, 0) is 70.1 Å². The molecule has 3 aliphatic rings. The third-order valence-electron chi connectivity index (χ3n) is 11.9. The Morgan fingerprint density at radius 3 is 2.11 bits per heavy atom. The zero-order chi connectivity index (χ0) is 52.7. The summed E-state index contributed by atoms with van der Waals surface area (Å²) >= 11 is 0. The Kier molecular flexibility index (Phi) is 7.26. The van der Waals surface area contributed by atoms with E-state index in [1.165, 1.54) is 0 Å². The first-order chi connectivity index (χ1) is 35.0. The average Bonchev–Trinajstić information content (AvgIpc) is 4.15. The minimum Gasteiger partial charge on any atom is -0.509 e. The number of fused-ring (bicyclic) bond motifs is 3. The molecule has 63 heavy (non-hydrogen) atoms. The van der Waals surface area contributed by atoms with Gasteiger partial charge in [-0.15, -0.1) is 29.7 Å². The second-order valence-corrected chi connectivity index (χ2v) is 17.3. The van der Waals surface area contributed by atoms with Crippen molar-refractivity contribution >= 4 is 44.6 Å². The monoisotopic (exact) mass is 1010 g/mol. The van der Waals surface area contributed by atoms with Crippen molar-refractivity contribution in [2.75, 3.05) is 6.67 Å². The van der Waals surface area contributed by atoms with Crippen molar-refractivity contribution in [3.8, 4) is 39.6 Å². The summed E-state index contributed by atoms with van der Waals surface area (Å²) in [5, 5.41) is 2.00. The van der Waals surface area contributed by atoms with E-state index in [0.29, 0.717) is 34.1 Å². The van der Waals surface area contributed by atoms with Gasteiger partial charge in [-0.3, -0.25) is 4.48 Å². The summed E-state index contributed by atoms with van der Waals surface area (Å²) in [7, 11) is 0. The molecule has 2 bridgehead atoms. The fourth-order valence-electron chi connectivity index (χ4n) is 9.31. The molecule has 1 fully saturated rings. The molecule has 0 amide bonds. The molecule has 2 aromatic heterocycles. The number of ether oxygens (including phenoxy) is 1. The Labute approximate surface area is 402 Å². The third kappa shape index (κ3) is 6.68. The van der Waals surface area contributed by atoms with Crippen LogP contribution in [0, 0.1) is 24.7 Å². The van der Waals surface area contributed by atoms with Gasteiger partial charge in [0.15, 0.2) is 18.0 Å². The van der Waals surface area contributed by atoms with Crippen molar-refractivity contribution in [2.24, 2.45) is 5.92 Å². The van der Waals surface area contributed by atoms with Crippen LogP contribution in [0.15, 0.2) is 170 Å². The third-order valence-corrected chi connectivity index (χ3v) is 11.9. The van der Waals surface area contributed by atoms with Crippen molar-refractivity contribution in [3.05, 3.63) is 200 Å². The smallest absolute Gasteiger partial charge is 0.184 e. The molecular weight excluding hydrogens is 952 g/mol. The minimum absolute atomic E-state index is 0. The Morgan fingerprint density at radius 1 is 0.746 bits per heavy atom. The molecule has 0 spiro atoms. The molecule has 0 radical (unpaired) electrons. The second-order valence-electron chi connectivity index (χ2n) is 17.3. The topological polar surface area (TPSA) is 27.1 Å². The van der Waals surface area contributed by atoms with E-state index in [1.807, 2.05) is 61.4 Å². The van der Waals surface area contributed by atoms with Crippen molar-refractivity contribution in [1.82, 2.24) is 18.5 Å². The van der Waals surface area contributed by atoms with E-state index in [4.69, 9.17) is 17.9 Å². The first-order valence-corrected chi connectivity index (χ1v) is 20.7. The predicted molar refractivity (Wildman–Crippen MR) is 256 cm³/mol. The van der Waals surface area contributed by atoms with Crippen molar-refractivity contribution in [1.29, 1.82) is 0 Å². The number of hydrogen-bond acceptors (Lipinski definition) is 2. The van der Waals surface area contributed by atoms with E-state index >= 15 is 0 Å². The number of nitrogens with zero attached hydrogens (tertiary/aromatic N) is 4. The standard InChI is InChI=1S/C57H49N4O.Pt/c1-39(2)33-42-21-14-28-53-55(42)61(56-47(40-17-8-6-9-18-40)25-16-26-48(56)41-19-10-7-11-20-41)37-60(53,38-61)44-22-15-23-45(35-44)62-46-29-30-50-49-24-12-13-27-51(49)59(52(50)36-46)54-34-43(31-32-58-54)57(3,4)5;/h6-32,34,37,39H,33,38H2,1-5H3;/q-1;/t60-,61-;/m1./s1/i6D,7D,8D,9D,10D,11D,17D,18D,19D,20D,33D2;. The van der Waals surface area contributed by atoms with Gasteiger partial charge in [-0.1, -0.05) is 143 Å². The summed E-state index contributed by atoms with van der Waals surface area (Å²) in [6.45, 7) is 12.1. The Hall–Kier alpha value is -6.10. The predicted octanol–water partition coefficient (Wildman–Crippen LogP) is 14.8. The molecule has 9 aromatic rings. The van der Waals surface area contributed by atoms with E-state index in [1.54, 1.807) is 50.2 Å². The Balaban J connectivity index is 0.00000641.